The Balaban J connectivity index is 2.16. The van der Waals surface area contributed by atoms with Crippen LogP contribution in [0, 0.1) is 11.2 Å². The van der Waals surface area contributed by atoms with Gasteiger partial charge in [0.2, 0.25) is 0 Å². The minimum Gasteiger partial charge on any atom is -0.305 e. The summed E-state index contributed by atoms with van der Waals surface area (Å²) in [6.07, 6.45) is 0. The van der Waals surface area contributed by atoms with Crippen LogP contribution in [0.1, 0.15) is 37.9 Å². The lowest BCUT2D eigenvalue weighted by Gasteiger charge is -2.32. The SMILES string of the molecule is CC(C)(C)C(NCc1ccccc1F)c1ccccc1. The summed E-state index contributed by atoms with van der Waals surface area (Å²) in [6.45, 7) is 7.11. The van der Waals surface area contributed by atoms with Crippen molar-refractivity contribution in [3.63, 3.8) is 0 Å². The predicted molar refractivity (Wildman–Crippen MR) is 81.9 cm³/mol. The zero-order valence-electron chi connectivity index (χ0n) is 12.4. The van der Waals surface area contributed by atoms with Crippen molar-refractivity contribution >= 4 is 0 Å². The fraction of sp³-hybridized carbons (Fsp3) is 0.333. The molecule has 0 radical (unpaired) electrons. The Labute approximate surface area is 120 Å². The molecule has 0 heterocycles. The van der Waals surface area contributed by atoms with E-state index in [9.17, 15) is 4.39 Å². The third-order valence-corrected chi connectivity index (χ3v) is 3.45. The maximum Gasteiger partial charge on any atom is 0.127 e. The average Bonchev–Trinajstić information content (AvgIpc) is 2.41. The van der Waals surface area contributed by atoms with Gasteiger partial charge in [0.05, 0.1) is 0 Å². The lowest BCUT2D eigenvalue weighted by Crippen LogP contribution is -2.32. The van der Waals surface area contributed by atoms with Gasteiger partial charge < -0.3 is 5.32 Å². The third-order valence-electron chi connectivity index (χ3n) is 3.45. The Morgan fingerprint density at radius 1 is 0.950 bits per heavy atom. The van der Waals surface area contributed by atoms with Gasteiger partial charge in [-0.25, -0.2) is 4.39 Å². The Morgan fingerprint density at radius 2 is 1.55 bits per heavy atom. The monoisotopic (exact) mass is 271 g/mol. The van der Waals surface area contributed by atoms with Crippen molar-refractivity contribution in [1.29, 1.82) is 0 Å². The van der Waals surface area contributed by atoms with E-state index in [0.717, 1.165) is 0 Å². The Morgan fingerprint density at radius 3 is 2.15 bits per heavy atom. The van der Waals surface area contributed by atoms with Crippen molar-refractivity contribution < 1.29 is 4.39 Å². The molecule has 0 aliphatic rings. The first kappa shape index (κ1) is 14.7. The molecule has 0 amide bonds. The maximum absolute atomic E-state index is 13.7. The smallest absolute Gasteiger partial charge is 0.127 e. The van der Waals surface area contributed by atoms with Gasteiger partial charge in [-0.2, -0.15) is 0 Å². The first-order chi connectivity index (χ1) is 9.48. The molecule has 2 heteroatoms. The highest BCUT2D eigenvalue weighted by Gasteiger charge is 2.25. The van der Waals surface area contributed by atoms with Crippen LogP contribution in [-0.2, 0) is 6.54 Å². The van der Waals surface area contributed by atoms with Crippen LogP contribution >= 0.6 is 0 Å². The zero-order valence-corrected chi connectivity index (χ0v) is 12.4. The molecule has 0 aliphatic carbocycles. The molecule has 0 aliphatic heterocycles. The van der Waals surface area contributed by atoms with Gasteiger partial charge in [0.25, 0.3) is 0 Å². The van der Waals surface area contributed by atoms with Crippen LogP contribution < -0.4 is 5.32 Å². The molecule has 0 fully saturated rings. The van der Waals surface area contributed by atoms with E-state index in [1.807, 2.05) is 30.3 Å². The van der Waals surface area contributed by atoms with E-state index in [0.29, 0.717) is 12.1 Å². The van der Waals surface area contributed by atoms with E-state index >= 15 is 0 Å². The lowest BCUT2D eigenvalue weighted by molar-refractivity contribution is 0.270. The first-order valence-electron chi connectivity index (χ1n) is 7.00. The number of benzene rings is 2. The van der Waals surface area contributed by atoms with Gasteiger partial charge in [0.15, 0.2) is 0 Å². The van der Waals surface area contributed by atoms with Crippen LogP contribution in [0.25, 0.3) is 0 Å². The van der Waals surface area contributed by atoms with Crippen LogP contribution in [0.4, 0.5) is 4.39 Å². The summed E-state index contributed by atoms with van der Waals surface area (Å²) < 4.78 is 13.7. The van der Waals surface area contributed by atoms with Crippen molar-refractivity contribution in [3.05, 3.63) is 71.5 Å². The molecule has 106 valence electrons. The second-order valence-corrected chi connectivity index (χ2v) is 6.18. The fourth-order valence-corrected chi connectivity index (χ4v) is 2.42. The molecule has 0 spiro atoms. The molecule has 1 N–H and O–H groups in total. The van der Waals surface area contributed by atoms with Crippen molar-refractivity contribution in [1.82, 2.24) is 5.32 Å². The molecule has 0 aromatic heterocycles. The number of rotatable bonds is 4. The van der Waals surface area contributed by atoms with Crippen molar-refractivity contribution in [3.8, 4) is 0 Å². The summed E-state index contributed by atoms with van der Waals surface area (Å²) in [5.41, 5.74) is 2.00. The van der Waals surface area contributed by atoms with Gasteiger partial charge >= 0.3 is 0 Å². The standard InChI is InChI=1S/C18H22FN/c1-18(2,3)17(14-9-5-4-6-10-14)20-13-15-11-7-8-12-16(15)19/h4-12,17,20H,13H2,1-3H3. The number of hydrogen-bond donors (Lipinski definition) is 1. The van der Waals surface area contributed by atoms with Crippen molar-refractivity contribution in [2.24, 2.45) is 5.41 Å². The minimum absolute atomic E-state index is 0.0621. The molecule has 1 atom stereocenters. The predicted octanol–water partition coefficient (Wildman–Crippen LogP) is 4.70. The molecule has 1 unspecified atom stereocenters. The van der Waals surface area contributed by atoms with E-state index < -0.39 is 0 Å². The van der Waals surface area contributed by atoms with E-state index in [1.54, 1.807) is 6.07 Å². The summed E-state index contributed by atoms with van der Waals surface area (Å²) in [5, 5.41) is 3.49. The van der Waals surface area contributed by atoms with Gasteiger partial charge in [-0.05, 0) is 17.0 Å². The summed E-state index contributed by atoms with van der Waals surface area (Å²) in [7, 11) is 0. The highest BCUT2D eigenvalue weighted by atomic mass is 19.1. The van der Waals surface area contributed by atoms with E-state index in [1.165, 1.54) is 11.6 Å². The molecular weight excluding hydrogens is 249 g/mol. The normalized spacial score (nSPS) is 13.2. The summed E-state index contributed by atoms with van der Waals surface area (Å²) in [4.78, 5) is 0. The Hall–Kier alpha value is -1.67. The lowest BCUT2D eigenvalue weighted by atomic mass is 9.82. The summed E-state index contributed by atoms with van der Waals surface area (Å²) in [5.74, 6) is -0.152. The quantitative estimate of drug-likeness (QED) is 0.849. The van der Waals surface area contributed by atoms with Crippen molar-refractivity contribution in [2.45, 2.75) is 33.4 Å². The molecule has 20 heavy (non-hydrogen) atoms. The van der Waals surface area contributed by atoms with Gasteiger partial charge in [0, 0.05) is 18.2 Å². The van der Waals surface area contributed by atoms with Gasteiger partial charge in [-0.15, -0.1) is 0 Å². The summed E-state index contributed by atoms with van der Waals surface area (Å²) in [6, 6.07) is 17.4. The second-order valence-electron chi connectivity index (χ2n) is 6.18. The van der Waals surface area contributed by atoms with Crippen LogP contribution in [-0.4, -0.2) is 0 Å². The van der Waals surface area contributed by atoms with Gasteiger partial charge in [0.1, 0.15) is 5.82 Å². The Kier molecular flexibility index (Phi) is 4.56. The van der Waals surface area contributed by atoms with Gasteiger partial charge in [-0.1, -0.05) is 69.3 Å². The highest BCUT2D eigenvalue weighted by Crippen LogP contribution is 2.32. The highest BCUT2D eigenvalue weighted by molar-refractivity contribution is 5.22. The molecule has 1 nitrogen and oxygen atoms in total. The number of hydrogen-bond acceptors (Lipinski definition) is 1. The average molecular weight is 271 g/mol. The molecular formula is C18H22FN. The summed E-state index contributed by atoms with van der Waals surface area (Å²) >= 11 is 0. The van der Waals surface area contributed by atoms with Crippen LogP contribution in [0.3, 0.4) is 0 Å². The first-order valence-corrected chi connectivity index (χ1v) is 7.00. The van der Waals surface area contributed by atoms with E-state index in [-0.39, 0.29) is 17.3 Å². The molecule has 2 aromatic carbocycles. The molecule has 0 saturated heterocycles. The molecule has 0 bridgehead atoms. The van der Waals surface area contributed by atoms with Crippen LogP contribution in [0.15, 0.2) is 54.6 Å². The minimum atomic E-state index is -0.152. The Bertz CT molecular complexity index is 543. The molecule has 2 rings (SSSR count). The van der Waals surface area contributed by atoms with Crippen molar-refractivity contribution in [2.75, 3.05) is 0 Å². The zero-order chi connectivity index (χ0) is 14.6. The van der Waals surface area contributed by atoms with Gasteiger partial charge in [-0.3, -0.25) is 0 Å². The molecule has 0 saturated carbocycles. The van der Waals surface area contributed by atoms with Crippen LogP contribution in [0.2, 0.25) is 0 Å². The largest absolute Gasteiger partial charge is 0.305 e. The molecule has 2 aromatic rings. The number of nitrogens with one attached hydrogen (secondary N) is 1. The van der Waals surface area contributed by atoms with E-state index in [2.05, 4.69) is 38.2 Å². The maximum atomic E-state index is 13.7. The second kappa shape index (κ2) is 6.19. The topological polar surface area (TPSA) is 12.0 Å². The van der Waals surface area contributed by atoms with E-state index in [4.69, 9.17) is 0 Å². The third kappa shape index (κ3) is 3.67. The van der Waals surface area contributed by atoms with Crippen LogP contribution in [0.5, 0.6) is 0 Å². The fourth-order valence-electron chi connectivity index (χ4n) is 2.42. The number of halogens is 1.